The molecule has 0 radical (unpaired) electrons. The van der Waals surface area contributed by atoms with Crippen molar-refractivity contribution in [3.8, 4) is 0 Å². The van der Waals surface area contributed by atoms with Crippen LogP contribution in [0.3, 0.4) is 0 Å². The van der Waals surface area contributed by atoms with Crippen molar-refractivity contribution in [2.45, 2.75) is 25.7 Å². The number of aryl methyl sites for hydroxylation is 2. The first-order valence-corrected chi connectivity index (χ1v) is 8.95. The van der Waals surface area contributed by atoms with Crippen molar-refractivity contribution in [3.63, 3.8) is 0 Å². The van der Waals surface area contributed by atoms with Gasteiger partial charge in [0.25, 0.3) is 0 Å². The van der Waals surface area contributed by atoms with Gasteiger partial charge in [-0.25, -0.2) is 4.98 Å². The number of carbonyl (C=O) groups excluding carboxylic acids is 1. The predicted octanol–water partition coefficient (Wildman–Crippen LogP) is 4.01. The minimum Gasteiger partial charge on any atom is -0.356 e. The number of aromatic nitrogens is 2. The SMILES string of the molecule is O=C(CCc1cccc(Br)c1)NCCCc1nc2ccccc2[nH]1. The molecule has 0 spiro atoms. The minimum atomic E-state index is 0.0968. The zero-order valence-corrected chi connectivity index (χ0v) is 15.0. The van der Waals surface area contributed by atoms with Gasteiger partial charge in [-0.05, 0) is 42.7 Å². The number of nitrogens with zero attached hydrogens (tertiary/aromatic N) is 1. The fraction of sp³-hybridized carbons (Fsp3) is 0.263. The largest absolute Gasteiger partial charge is 0.356 e. The van der Waals surface area contributed by atoms with Crippen LogP contribution in [0.5, 0.6) is 0 Å². The summed E-state index contributed by atoms with van der Waals surface area (Å²) < 4.78 is 1.05. The molecule has 2 N–H and O–H groups in total. The molecule has 2 aromatic carbocycles. The molecule has 1 aromatic heterocycles. The number of benzene rings is 2. The average Bonchev–Trinajstić information content (AvgIpc) is 3.00. The van der Waals surface area contributed by atoms with Gasteiger partial charge in [-0.1, -0.05) is 40.2 Å². The Morgan fingerprint density at radius 2 is 2.00 bits per heavy atom. The number of hydrogen-bond donors (Lipinski definition) is 2. The molecule has 0 unspecified atom stereocenters. The van der Waals surface area contributed by atoms with Gasteiger partial charge in [0.05, 0.1) is 11.0 Å². The fourth-order valence-electron chi connectivity index (χ4n) is 2.65. The lowest BCUT2D eigenvalue weighted by Crippen LogP contribution is -2.25. The van der Waals surface area contributed by atoms with Crippen molar-refractivity contribution in [1.82, 2.24) is 15.3 Å². The summed E-state index contributed by atoms with van der Waals surface area (Å²) in [5, 5.41) is 2.98. The maximum atomic E-state index is 11.9. The molecule has 0 fully saturated rings. The van der Waals surface area contributed by atoms with Crippen LogP contribution in [0.4, 0.5) is 0 Å². The van der Waals surface area contributed by atoms with Crippen LogP contribution in [-0.4, -0.2) is 22.4 Å². The Morgan fingerprint density at radius 3 is 2.83 bits per heavy atom. The summed E-state index contributed by atoms with van der Waals surface area (Å²) in [4.78, 5) is 19.8. The topological polar surface area (TPSA) is 57.8 Å². The van der Waals surface area contributed by atoms with E-state index < -0.39 is 0 Å². The summed E-state index contributed by atoms with van der Waals surface area (Å²) in [6, 6.07) is 16.1. The summed E-state index contributed by atoms with van der Waals surface area (Å²) in [6.07, 6.45) is 2.99. The van der Waals surface area contributed by atoms with E-state index in [0.29, 0.717) is 13.0 Å². The number of imidazole rings is 1. The highest BCUT2D eigenvalue weighted by molar-refractivity contribution is 9.10. The molecule has 1 heterocycles. The van der Waals surface area contributed by atoms with Crippen molar-refractivity contribution in [2.24, 2.45) is 0 Å². The molecule has 0 saturated heterocycles. The Hall–Kier alpha value is -2.14. The second-order valence-electron chi connectivity index (χ2n) is 5.78. The van der Waals surface area contributed by atoms with E-state index in [1.807, 2.05) is 42.5 Å². The Labute approximate surface area is 149 Å². The summed E-state index contributed by atoms with van der Waals surface area (Å²) in [7, 11) is 0. The average molecular weight is 386 g/mol. The molecule has 0 aliphatic heterocycles. The first-order chi connectivity index (χ1) is 11.7. The number of nitrogens with one attached hydrogen (secondary N) is 2. The van der Waals surface area contributed by atoms with Gasteiger partial charge >= 0.3 is 0 Å². The third-order valence-corrected chi connectivity index (χ3v) is 4.37. The lowest BCUT2D eigenvalue weighted by molar-refractivity contribution is -0.121. The van der Waals surface area contributed by atoms with Gasteiger partial charge in [0.1, 0.15) is 5.82 Å². The first-order valence-electron chi connectivity index (χ1n) is 8.15. The highest BCUT2D eigenvalue weighted by atomic mass is 79.9. The second-order valence-corrected chi connectivity index (χ2v) is 6.70. The van der Waals surface area contributed by atoms with E-state index in [9.17, 15) is 4.79 Å². The molecule has 24 heavy (non-hydrogen) atoms. The summed E-state index contributed by atoms with van der Waals surface area (Å²) >= 11 is 3.45. The maximum absolute atomic E-state index is 11.9. The van der Waals surface area contributed by atoms with Gasteiger partial charge in [0, 0.05) is 23.9 Å². The van der Waals surface area contributed by atoms with Crippen molar-refractivity contribution in [2.75, 3.05) is 6.54 Å². The van der Waals surface area contributed by atoms with E-state index in [2.05, 4.69) is 37.3 Å². The molecule has 3 aromatic rings. The molecule has 4 nitrogen and oxygen atoms in total. The van der Waals surface area contributed by atoms with Crippen LogP contribution < -0.4 is 5.32 Å². The molecule has 0 aliphatic carbocycles. The van der Waals surface area contributed by atoms with Gasteiger partial charge in [-0.3, -0.25) is 4.79 Å². The van der Waals surface area contributed by atoms with Crippen molar-refractivity contribution in [3.05, 3.63) is 64.4 Å². The number of halogens is 1. The number of amides is 1. The first kappa shape index (κ1) is 16.7. The Bertz CT molecular complexity index is 795. The Morgan fingerprint density at radius 1 is 1.12 bits per heavy atom. The smallest absolute Gasteiger partial charge is 0.220 e. The van der Waals surface area contributed by atoms with Gasteiger partial charge in [0.15, 0.2) is 0 Å². The van der Waals surface area contributed by atoms with E-state index in [0.717, 1.165) is 40.6 Å². The summed E-state index contributed by atoms with van der Waals surface area (Å²) in [5.41, 5.74) is 3.22. The van der Waals surface area contributed by atoms with Crippen LogP contribution in [-0.2, 0) is 17.6 Å². The van der Waals surface area contributed by atoms with Crippen LogP contribution in [0.1, 0.15) is 24.2 Å². The van der Waals surface area contributed by atoms with Crippen molar-refractivity contribution >= 4 is 32.9 Å². The van der Waals surface area contributed by atoms with Gasteiger partial charge in [-0.2, -0.15) is 0 Å². The Kier molecular flexibility index (Phi) is 5.64. The van der Waals surface area contributed by atoms with E-state index in [-0.39, 0.29) is 5.91 Å². The zero-order valence-electron chi connectivity index (χ0n) is 13.4. The maximum Gasteiger partial charge on any atom is 0.220 e. The standard InChI is InChI=1S/C19H20BrN3O/c20-15-6-3-5-14(13-15)10-11-19(24)21-12-4-9-18-22-16-7-1-2-8-17(16)23-18/h1-3,5-8,13H,4,9-12H2,(H,21,24)(H,22,23). The molecule has 3 rings (SSSR count). The minimum absolute atomic E-state index is 0.0968. The van der Waals surface area contributed by atoms with Crippen LogP contribution in [0.2, 0.25) is 0 Å². The van der Waals surface area contributed by atoms with Crippen LogP contribution in [0.25, 0.3) is 11.0 Å². The summed E-state index contributed by atoms with van der Waals surface area (Å²) in [6.45, 7) is 0.675. The molecule has 0 aliphatic rings. The summed E-state index contributed by atoms with van der Waals surface area (Å²) in [5.74, 6) is 1.07. The molecule has 5 heteroatoms. The lowest BCUT2D eigenvalue weighted by Gasteiger charge is -2.05. The highest BCUT2D eigenvalue weighted by Gasteiger charge is 2.04. The number of fused-ring (bicyclic) bond motifs is 1. The number of hydrogen-bond acceptors (Lipinski definition) is 2. The number of para-hydroxylation sites is 2. The number of aromatic amines is 1. The quantitative estimate of drug-likeness (QED) is 0.603. The second kappa shape index (κ2) is 8.11. The third-order valence-electron chi connectivity index (χ3n) is 3.88. The molecule has 124 valence electrons. The van der Waals surface area contributed by atoms with Gasteiger partial charge in [-0.15, -0.1) is 0 Å². The number of H-pyrrole nitrogens is 1. The normalized spacial score (nSPS) is 10.9. The highest BCUT2D eigenvalue weighted by Crippen LogP contribution is 2.13. The lowest BCUT2D eigenvalue weighted by atomic mass is 10.1. The predicted molar refractivity (Wildman–Crippen MR) is 99.9 cm³/mol. The van der Waals surface area contributed by atoms with E-state index in [1.165, 1.54) is 5.56 Å². The van der Waals surface area contributed by atoms with E-state index in [4.69, 9.17) is 0 Å². The van der Waals surface area contributed by atoms with Crippen molar-refractivity contribution < 1.29 is 4.79 Å². The van der Waals surface area contributed by atoms with Crippen molar-refractivity contribution in [1.29, 1.82) is 0 Å². The van der Waals surface area contributed by atoms with Crippen LogP contribution in [0, 0.1) is 0 Å². The van der Waals surface area contributed by atoms with Gasteiger partial charge in [0.2, 0.25) is 5.91 Å². The van der Waals surface area contributed by atoms with Crippen LogP contribution >= 0.6 is 15.9 Å². The number of carbonyl (C=O) groups is 1. The molecule has 0 saturated carbocycles. The molecule has 0 bridgehead atoms. The number of rotatable bonds is 7. The van der Waals surface area contributed by atoms with Gasteiger partial charge < -0.3 is 10.3 Å². The molecular formula is C19H20BrN3O. The fourth-order valence-corrected chi connectivity index (χ4v) is 3.09. The van der Waals surface area contributed by atoms with Crippen LogP contribution in [0.15, 0.2) is 53.0 Å². The molecule has 0 atom stereocenters. The zero-order chi connectivity index (χ0) is 16.8. The third kappa shape index (κ3) is 4.68. The monoisotopic (exact) mass is 385 g/mol. The molecule has 1 amide bonds. The van der Waals surface area contributed by atoms with E-state index in [1.54, 1.807) is 0 Å². The Balaban J connectivity index is 1.37. The molecular weight excluding hydrogens is 366 g/mol. The van der Waals surface area contributed by atoms with E-state index >= 15 is 0 Å².